The molecule has 0 saturated heterocycles. The summed E-state index contributed by atoms with van der Waals surface area (Å²) in [5.41, 5.74) is 4.10. The molecule has 0 bridgehead atoms. The molecule has 0 aliphatic heterocycles. The van der Waals surface area contributed by atoms with Gasteiger partial charge in [-0.25, -0.2) is 9.97 Å². The Labute approximate surface area is 246 Å². The molecular formula is C33H28N4O4S. The minimum Gasteiger partial charge on any atom is -0.497 e. The molecule has 0 unspecified atom stereocenters. The van der Waals surface area contributed by atoms with Gasteiger partial charge in [-0.2, -0.15) is 0 Å². The van der Waals surface area contributed by atoms with Crippen molar-refractivity contribution in [3.05, 3.63) is 130 Å². The second-order valence-electron chi connectivity index (χ2n) is 9.59. The molecule has 6 rings (SSSR count). The molecule has 210 valence electrons. The largest absolute Gasteiger partial charge is 0.497 e. The molecule has 0 amide bonds. The van der Waals surface area contributed by atoms with Gasteiger partial charge in [0.25, 0.3) is 5.56 Å². The molecule has 3 heterocycles. The van der Waals surface area contributed by atoms with Gasteiger partial charge < -0.3 is 14.2 Å². The molecule has 3 aromatic carbocycles. The molecule has 0 fully saturated rings. The zero-order valence-corrected chi connectivity index (χ0v) is 24.0. The zero-order chi connectivity index (χ0) is 28.9. The lowest BCUT2D eigenvalue weighted by Gasteiger charge is -2.17. The van der Waals surface area contributed by atoms with Crippen molar-refractivity contribution in [2.24, 2.45) is 0 Å². The maximum atomic E-state index is 14.0. The lowest BCUT2D eigenvalue weighted by Crippen LogP contribution is -2.27. The summed E-state index contributed by atoms with van der Waals surface area (Å²) in [6.45, 7) is 0.312. The lowest BCUT2D eigenvalue weighted by atomic mass is 10.1. The highest BCUT2D eigenvalue weighted by atomic mass is 32.1. The summed E-state index contributed by atoms with van der Waals surface area (Å²) in [5, 5.41) is 3.03. The zero-order valence-electron chi connectivity index (χ0n) is 23.2. The second-order valence-corrected chi connectivity index (χ2v) is 10.5. The molecule has 8 nitrogen and oxygen atoms in total. The van der Waals surface area contributed by atoms with Crippen LogP contribution in [0.3, 0.4) is 0 Å². The number of methoxy groups -OCH3 is 2. The van der Waals surface area contributed by atoms with E-state index in [2.05, 4.69) is 34.2 Å². The summed E-state index contributed by atoms with van der Waals surface area (Å²) in [6.07, 6.45) is 4.17. The fourth-order valence-electron chi connectivity index (χ4n) is 4.80. The number of nitrogens with zero attached hydrogens (tertiary/aromatic N) is 4. The predicted molar refractivity (Wildman–Crippen MR) is 164 cm³/mol. The number of fused-ring (bicyclic) bond motifs is 1. The summed E-state index contributed by atoms with van der Waals surface area (Å²) in [7, 11) is 3.20. The average Bonchev–Trinajstić information content (AvgIpc) is 3.58. The topological polar surface area (TPSA) is 88.4 Å². The number of aromatic nitrogens is 4. The first-order valence-electron chi connectivity index (χ1n) is 13.4. The van der Waals surface area contributed by atoms with Gasteiger partial charge >= 0.3 is 0 Å². The Morgan fingerprint density at radius 1 is 0.833 bits per heavy atom. The molecular weight excluding hydrogens is 548 g/mol. The van der Waals surface area contributed by atoms with Gasteiger partial charge in [-0.1, -0.05) is 42.5 Å². The predicted octanol–water partition coefficient (Wildman–Crippen LogP) is 6.15. The molecule has 3 aromatic heterocycles. The van der Waals surface area contributed by atoms with Gasteiger partial charge in [0.05, 0.1) is 26.2 Å². The van der Waals surface area contributed by atoms with Crippen molar-refractivity contribution in [2.75, 3.05) is 14.2 Å². The van der Waals surface area contributed by atoms with Gasteiger partial charge in [0.15, 0.2) is 5.82 Å². The highest BCUT2D eigenvalue weighted by Gasteiger charge is 2.19. The van der Waals surface area contributed by atoms with Crippen LogP contribution in [0.4, 0.5) is 0 Å². The van der Waals surface area contributed by atoms with E-state index >= 15 is 0 Å². The van der Waals surface area contributed by atoms with Crippen LogP contribution in [-0.4, -0.2) is 33.7 Å². The number of hydrogen-bond acceptors (Lipinski definition) is 8. The lowest BCUT2D eigenvalue weighted by molar-refractivity contribution is 0.288. The van der Waals surface area contributed by atoms with Crippen molar-refractivity contribution in [1.29, 1.82) is 0 Å². The van der Waals surface area contributed by atoms with Crippen LogP contribution in [0.1, 0.15) is 22.5 Å². The van der Waals surface area contributed by atoms with Crippen LogP contribution in [0.2, 0.25) is 0 Å². The van der Waals surface area contributed by atoms with Crippen molar-refractivity contribution in [2.45, 2.75) is 19.6 Å². The van der Waals surface area contributed by atoms with Gasteiger partial charge in [-0.05, 0) is 47.9 Å². The standard InChI is InChI=1S/C33H28N4O4S/c1-39-26-13-10-24(28(19-26)40-2)20-37-29(21-41-25-11-8-23(9-12-25)18-22-6-4-3-5-7-22)36-30-27(33(37)38)14-15-34-31(30)32-35-16-17-42-32/h3-17,19H,18,20-21H2,1-2H3. The van der Waals surface area contributed by atoms with E-state index in [1.54, 1.807) is 43.3 Å². The van der Waals surface area contributed by atoms with E-state index < -0.39 is 0 Å². The SMILES string of the molecule is COc1ccc(Cn2c(COc3ccc(Cc4ccccc4)cc3)nc3c(-c4nccs4)nccc3c2=O)c(OC)c1. The molecule has 0 spiro atoms. The van der Waals surface area contributed by atoms with Gasteiger partial charge in [0, 0.05) is 29.4 Å². The van der Waals surface area contributed by atoms with Crippen LogP contribution in [0.25, 0.3) is 21.6 Å². The van der Waals surface area contributed by atoms with Gasteiger partial charge in [-0.15, -0.1) is 11.3 Å². The van der Waals surface area contributed by atoms with Crippen LogP contribution < -0.4 is 19.8 Å². The van der Waals surface area contributed by atoms with Crippen LogP contribution in [0.15, 0.2) is 101 Å². The molecule has 0 aliphatic carbocycles. The first-order chi connectivity index (χ1) is 20.6. The van der Waals surface area contributed by atoms with Crippen LogP contribution in [0.5, 0.6) is 17.2 Å². The van der Waals surface area contributed by atoms with Crippen molar-refractivity contribution in [3.8, 4) is 28.0 Å². The fraction of sp³-hybridized carbons (Fsp3) is 0.152. The van der Waals surface area contributed by atoms with E-state index in [4.69, 9.17) is 19.2 Å². The number of hydrogen-bond donors (Lipinski definition) is 0. The smallest absolute Gasteiger partial charge is 0.261 e. The molecule has 6 aromatic rings. The van der Waals surface area contributed by atoms with E-state index in [1.807, 2.05) is 47.8 Å². The Balaban J connectivity index is 1.36. The van der Waals surface area contributed by atoms with Gasteiger partial charge in [0.2, 0.25) is 0 Å². The van der Waals surface area contributed by atoms with E-state index in [-0.39, 0.29) is 18.7 Å². The third-order valence-electron chi connectivity index (χ3n) is 6.95. The van der Waals surface area contributed by atoms with E-state index in [0.29, 0.717) is 44.7 Å². The maximum Gasteiger partial charge on any atom is 0.261 e. The van der Waals surface area contributed by atoms with Gasteiger partial charge in [0.1, 0.15) is 40.1 Å². The number of benzene rings is 3. The number of pyridine rings is 1. The van der Waals surface area contributed by atoms with E-state index in [0.717, 1.165) is 12.0 Å². The highest BCUT2D eigenvalue weighted by Crippen LogP contribution is 2.28. The molecule has 0 N–H and O–H groups in total. The van der Waals surface area contributed by atoms with Crippen LogP contribution in [-0.2, 0) is 19.6 Å². The summed E-state index contributed by atoms with van der Waals surface area (Å²) < 4.78 is 18.8. The highest BCUT2D eigenvalue weighted by molar-refractivity contribution is 7.13. The summed E-state index contributed by atoms with van der Waals surface area (Å²) in [5.74, 6) is 2.42. The molecule has 42 heavy (non-hydrogen) atoms. The number of rotatable bonds is 10. The summed E-state index contributed by atoms with van der Waals surface area (Å²) >= 11 is 1.45. The Morgan fingerprint density at radius 2 is 1.62 bits per heavy atom. The first kappa shape index (κ1) is 27.2. The van der Waals surface area contributed by atoms with Crippen LogP contribution >= 0.6 is 11.3 Å². The number of ether oxygens (including phenoxy) is 3. The Bertz CT molecular complexity index is 1870. The Kier molecular flexibility index (Phi) is 7.91. The maximum absolute atomic E-state index is 14.0. The van der Waals surface area contributed by atoms with Crippen molar-refractivity contribution in [3.63, 3.8) is 0 Å². The molecule has 9 heteroatoms. The normalized spacial score (nSPS) is 11.0. The third-order valence-corrected chi connectivity index (χ3v) is 7.73. The minimum absolute atomic E-state index is 0.0773. The molecule has 0 atom stereocenters. The molecule has 0 radical (unpaired) electrons. The van der Waals surface area contributed by atoms with Crippen molar-refractivity contribution >= 4 is 22.2 Å². The Hall–Kier alpha value is -5.02. The molecule has 0 aliphatic rings. The summed E-state index contributed by atoms with van der Waals surface area (Å²) in [6, 6.07) is 25.5. The quantitative estimate of drug-likeness (QED) is 0.193. The van der Waals surface area contributed by atoms with E-state index in [1.165, 1.54) is 22.5 Å². The van der Waals surface area contributed by atoms with Crippen LogP contribution in [0, 0.1) is 0 Å². The molecule has 0 saturated carbocycles. The van der Waals surface area contributed by atoms with Crippen molar-refractivity contribution < 1.29 is 14.2 Å². The van der Waals surface area contributed by atoms with E-state index in [9.17, 15) is 4.79 Å². The number of thiazole rings is 1. The monoisotopic (exact) mass is 576 g/mol. The second kappa shape index (κ2) is 12.2. The summed E-state index contributed by atoms with van der Waals surface area (Å²) in [4.78, 5) is 27.8. The average molecular weight is 577 g/mol. The Morgan fingerprint density at radius 3 is 2.36 bits per heavy atom. The first-order valence-corrected chi connectivity index (χ1v) is 14.3. The third kappa shape index (κ3) is 5.73. The van der Waals surface area contributed by atoms with Crippen molar-refractivity contribution in [1.82, 2.24) is 19.5 Å². The minimum atomic E-state index is -0.199. The fourth-order valence-corrected chi connectivity index (χ4v) is 5.43. The van der Waals surface area contributed by atoms with Gasteiger partial charge in [-0.3, -0.25) is 14.3 Å².